The van der Waals surface area contributed by atoms with Gasteiger partial charge in [0.1, 0.15) is 10.0 Å². The number of nitriles is 1. The molecule has 3 N–H and O–H groups in total. The van der Waals surface area contributed by atoms with Crippen molar-refractivity contribution < 1.29 is 9.59 Å². The van der Waals surface area contributed by atoms with Crippen molar-refractivity contribution >= 4 is 39.1 Å². The van der Waals surface area contributed by atoms with Gasteiger partial charge >= 0.3 is 0 Å². The molecular weight excluding hydrogens is 426 g/mol. The number of aromatic nitrogens is 3. The SMILES string of the molecule is CCC1CN(C(=O)C2(C#N)CC2)CC1Nc1c(C(N)=O)cnn2cc(Br)nc12. The summed E-state index contributed by atoms with van der Waals surface area (Å²) < 4.78 is 2.15. The van der Waals surface area contributed by atoms with Crippen molar-refractivity contribution in [3.05, 3.63) is 22.6 Å². The molecule has 2 amide bonds. The van der Waals surface area contributed by atoms with Crippen molar-refractivity contribution in [3.63, 3.8) is 0 Å². The van der Waals surface area contributed by atoms with E-state index in [0.717, 1.165) is 6.42 Å². The Kier molecular flexibility index (Phi) is 4.50. The maximum atomic E-state index is 12.8. The van der Waals surface area contributed by atoms with Gasteiger partial charge in [-0.25, -0.2) is 9.50 Å². The summed E-state index contributed by atoms with van der Waals surface area (Å²) >= 11 is 3.32. The number of fused-ring (bicyclic) bond motifs is 1. The lowest BCUT2D eigenvalue weighted by atomic mass is 10.0. The molecule has 1 aliphatic carbocycles. The zero-order chi connectivity index (χ0) is 20.1. The van der Waals surface area contributed by atoms with Crippen molar-refractivity contribution in [2.24, 2.45) is 17.1 Å². The summed E-state index contributed by atoms with van der Waals surface area (Å²) in [5.41, 5.74) is 5.96. The van der Waals surface area contributed by atoms with Crippen LogP contribution in [-0.4, -0.2) is 50.4 Å². The van der Waals surface area contributed by atoms with E-state index in [1.807, 2.05) is 0 Å². The Hall–Kier alpha value is -2.67. The van der Waals surface area contributed by atoms with E-state index in [1.54, 1.807) is 15.6 Å². The number of amides is 2. The van der Waals surface area contributed by atoms with E-state index in [0.29, 0.717) is 41.9 Å². The Bertz CT molecular complexity index is 1010. The lowest BCUT2D eigenvalue weighted by molar-refractivity contribution is -0.134. The minimum Gasteiger partial charge on any atom is -0.376 e. The second-order valence-corrected chi connectivity index (χ2v) is 8.26. The maximum absolute atomic E-state index is 12.8. The van der Waals surface area contributed by atoms with Crippen LogP contribution >= 0.6 is 15.9 Å². The highest BCUT2D eigenvalue weighted by Crippen LogP contribution is 2.47. The molecule has 0 aromatic carbocycles. The van der Waals surface area contributed by atoms with Crippen LogP contribution in [0.2, 0.25) is 0 Å². The van der Waals surface area contributed by atoms with Crippen LogP contribution in [0.15, 0.2) is 17.0 Å². The summed E-state index contributed by atoms with van der Waals surface area (Å²) in [7, 11) is 0. The quantitative estimate of drug-likeness (QED) is 0.717. The summed E-state index contributed by atoms with van der Waals surface area (Å²) in [6.07, 6.45) is 5.22. The summed E-state index contributed by atoms with van der Waals surface area (Å²) in [5, 5.41) is 16.9. The predicted molar refractivity (Wildman–Crippen MR) is 104 cm³/mol. The molecule has 2 atom stereocenters. The molecule has 28 heavy (non-hydrogen) atoms. The van der Waals surface area contributed by atoms with E-state index in [-0.39, 0.29) is 23.4 Å². The molecule has 146 valence electrons. The van der Waals surface area contributed by atoms with Gasteiger partial charge < -0.3 is 16.0 Å². The number of nitrogens with zero attached hydrogens (tertiary/aromatic N) is 5. The van der Waals surface area contributed by atoms with E-state index in [9.17, 15) is 14.9 Å². The Morgan fingerprint density at radius 3 is 2.82 bits per heavy atom. The number of carbonyl (C=O) groups excluding carboxylic acids is 2. The zero-order valence-electron chi connectivity index (χ0n) is 15.4. The van der Waals surface area contributed by atoms with E-state index < -0.39 is 11.3 Å². The van der Waals surface area contributed by atoms with Gasteiger partial charge in [-0.05, 0) is 41.1 Å². The lowest BCUT2D eigenvalue weighted by Gasteiger charge is -2.21. The summed E-state index contributed by atoms with van der Waals surface area (Å²) in [6.45, 7) is 3.12. The molecule has 1 saturated carbocycles. The number of nitrogens with two attached hydrogens (primary N) is 1. The first kappa shape index (κ1) is 18.7. The average molecular weight is 446 g/mol. The van der Waals surface area contributed by atoms with Gasteiger partial charge in [0.15, 0.2) is 5.65 Å². The van der Waals surface area contributed by atoms with Crippen molar-refractivity contribution in [3.8, 4) is 6.07 Å². The van der Waals surface area contributed by atoms with Crippen LogP contribution in [0.5, 0.6) is 0 Å². The van der Waals surface area contributed by atoms with Gasteiger partial charge in [-0.15, -0.1) is 0 Å². The number of primary amides is 1. The van der Waals surface area contributed by atoms with Crippen LogP contribution in [0, 0.1) is 22.7 Å². The highest BCUT2D eigenvalue weighted by molar-refractivity contribution is 9.10. The molecular formula is C18H20BrN7O2. The third-order valence-electron chi connectivity index (χ3n) is 5.68. The normalized spacial score (nSPS) is 22.8. The van der Waals surface area contributed by atoms with Gasteiger partial charge in [0, 0.05) is 19.1 Å². The molecule has 2 unspecified atom stereocenters. The number of hydrogen-bond acceptors (Lipinski definition) is 6. The third-order valence-corrected chi connectivity index (χ3v) is 6.07. The highest BCUT2D eigenvalue weighted by atomic mass is 79.9. The summed E-state index contributed by atoms with van der Waals surface area (Å²) in [5.74, 6) is -0.501. The van der Waals surface area contributed by atoms with Crippen LogP contribution in [0.25, 0.3) is 5.65 Å². The van der Waals surface area contributed by atoms with Gasteiger partial charge in [0.05, 0.1) is 29.7 Å². The van der Waals surface area contributed by atoms with E-state index in [2.05, 4.69) is 44.3 Å². The summed E-state index contributed by atoms with van der Waals surface area (Å²) in [6, 6.07) is 2.10. The average Bonchev–Trinajstić information content (AvgIpc) is 3.22. The monoisotopic (exact) mass is 445 g/mol. The fraction of sp³-hybridized carbons (Fsp3) is 0.500. The Balaban J connectivity index is 1.65. The molecule has 3 heterocycles. The third kappa shape index (κ3) is 2.99. The number of imidazole rings is 1. The summed E-state index contributed by atoms with van der Waals surface area (Å²) in [4.78, 5) is 30.9. The van der Waals surface area contributed by atoms with Crippen LogP contribution in [-0.2, 0) is 4.79 Å². The molecule has 2 aromatic rings. The molecule has 1 aliphatic heterocycles. The first-order valence-corrected chi connectivity index (χ1v) is 9.98. The molecule has 1 saturated heterocycles. The van der Waals surface area contributed by atoms with Gasteiger partial charge in [-0.3, -0.25) is 9.59 Å². The molecule has 0 spiro atoms. The zero-order valence-corrected chi connectivity index (χ0v) is 16.9. The number of likely N-dealkylation sites (tertiary alicyclic amines) is 1. The first-order valence-electron chi connectivity index (χ1n) is 9.19. The number of halogens is 1. The smallest absolute Gasteiger partial charge is 0.252 e. The van der Waals surface area contributed by atoms with Gasteiger partial charge in [-0.1, -0.05) is 6.92 Å². The van der Waals surface area contributed by atoms with Gasteiger partial charge in [0.25, 0.3) is 5.91 Å². The van der Waals surface area contributed by atoms with E-state index in [4.69, 9.17) is 5.73 Å². The van der Waals surface area contributed by atoms with Crippen LogP contribution in [0.4, 0.5) is 5.69 Å². The molecule has 0 bridgehead atoms. The minimum absolute atomic E-state index is 0.0804. The number of nitrogens with one attached hydrogen (secondary N) is 1. The largest absolute Gasteiger partial charge is 0.376 e. The first-order chi connectivity index (χ1) is 13.4. The Morgan fingerprint density at radius 2 is 2.21 bits per heavy atom. The van der Waals surface area contributed by atoms with Gasteiger partial charge in [0.2, 0.25) is 5.91 Å². The number of rotatable bonds is 5. The second kappa shape index (κ2) is 6.74. The number of carbonyl (C=O) groups is 2. The topological polar surface area (TPSA) is 129 Å². The van der Waals surface area contributed by atoms with Crippen molar-refractivity contribution in [2.75, 3.05) is 18.4 Å². The predicted octanol–water partition coefficient (Wildman–Crippen LogP) is 1.54. The number of hydrogen-bond donors (Lipinski definition) is 2. The van der Waals surface area contributed by atoms with Crippen molar-refractivity contribution in [1.82, 2.24) is 19.5 Å². The van der Waals surface area contributed by atoms with Crippen LogP contribution < -0.4 is 11.1 Å². The Labute approximate surface area is 170 Å². The molecule has 2 aliphatic rings. The number of anilines is 1. The Morgan fingerprint density at radius 1 is 1.46 bits per heavy atom. The second-order valence-electron chi connectivity index (χ2n) is 7.45. The molecule has 2 aromatic heterocycles. The van der Waals surface area contributed by atoms with E-state index >= 15 is 0 Å². The molecule has 0 radical (unpaired) electrons. The maximum Gasteiger partial charge on any atom is 0.252 e. The highest BCUT2D eigenvalue weighted by Gasteiger charge is 2.54. The van der Waals surface area contributed by atoms with Crippen molar-refractivity contribution in [2.45, 2.75) is 32.2 Å². The van der Waals surface area contributed by atoms with Crippen molar-refractivity contribution in [1.29, 1.82) is 5.26 Å². The fourth-order valence-corrected chi connectivity index (χ4v) is 4.20. The minimum atomic E-state index is -0.830. The van der Waals surface area contributed by atoms with E-state index in [1.165, 1.54) is 6.20 Å². The van der Waals surface area contributed by atoms with Crippen LogP contribution in [0.3, 0.4) is 0 Å². The van der Waals surface area contributed by atoms with Gasteiger partial charge in [-0.2, -0.15) is 10.4 Å². The lowest BCUT2D eigenvalue weighted by Crippen LogP contribution is -2.36. The van der Waals surface area contributed by atoms with Crippen LogP contribution in [0.1, 0.15) is 36.5 Å². The standard InChI is InChI=1S/C18H20BrN7O2/c1-2-10-6-25(17(28)18(9-20)3-4-18)7-12(10)23-14-11(15(21)27)5-22-26-8-13(19)24-16(14)26/h5,8,10,12,23H,2-4,6-7H2,1H3,(H2,21,27). The molecule has 9 nitrogen and oxygen atoms in total. The molecule has 4 rings (SSSR count). The molecule has 2 fully saturated rings. The molecule has 10 heteroatoms. The fourth-order valence-electron chi connectivity index (χ4n) is 3.84.